The minimum absolute atomic E-state index is 0.396. The molecule has 3 rings (SSSR count). The van der Waals surface area contributed by atoms with Crippen LogP contribution in [0, 0.1) is 11.3 Å². The van der Waals surface area contributed by atoms with Crippen LogP contribution in [0.25, 0.3) is 0 Å². The van der Waals surface area contributed by atoms with Gasteiger partial charge in [0.1, 0.15) is 0 Å². The molecule has 1 aliphatic heterocycles. The molecule has 0 aromatic carbocycles. The minimum Gasteiger partial charge on any atom is -0.376 e. The van der Waals surface area contributed by atoms with E-state index < -0.39 is 0 Å². The summed E-state index contributed by atoms with van der Waals surface area (Å²) in [4.78, 5) is 2.79. The second kappa shape index (κ2) is 8.15. The highest BCUT2D eigenvalue weighted by molar-refractivity contribution is 5.00. The quantitative estimate of drug-likeness (QED) is 0.705. The van der Waals surface area contributed by atoms with Gasteiger partial charge in [0.2, 0.25) is 0 Å². The Morgan fingerprint density at radius 2 is 1.45 bits per heavy atom. The summed E-state index contributed by atoms with van der Waals surface area (Å²) in [6, 6.07) is 0.868. The lowest BCUT2D eigenvalue weighted by atomic mass is 9.65. The second-order valence-corrected chi connectivity index (χ2v) is 8.20. The van der Waals surface area contributed by atoms with Crippen LogP contribution in [0.4, 0.5) is 0 Å². The predicted octanol–water partition coefficient (Wildman–Crippen LogP) is 5.26. The molecule has 0 unspecified atom stereocenters. The van der Waals surface area contributed by atoms with Crippen LogP contribution in [-0.4, -0.2) is 36.2 Å². The zero-order chi connectivity index (χ0) is 16.2. The Hall–Kier alpha value is -0.0800. The van der Waals surface area contributed by atoms with Gasteiger partial charge in [-0.3, -0.25) is 4.90 Å². The summed E-state index contributed by atoms with van der Waals surface area (Å²) in [5.41, 5.74) is 0.734. The third kappa shape index (κ3) is 4.47. The first-order valence-corrected chi connectivity index (χ1v) is 9.96. The minimum atomic E-state index is 0.396. The van der Waals surface area contributed by atoms with E-state index in [0.29, 0.717) is 12.2 Å². The SMILES string of the molecule is CC.CC1CCC2(CC1)CN(C1CCC(OC(C)C)CC1)C2. The Bertz CT molecular complexity index is 304. The predicted molar refractivity (Wildman–Crippen MR) is 95.3 cm³/mol. The van der Waals surface area contributed by atoms with Gasteiger partial charge in [-0.25, -0.2) is 0 Å². The molecule has 0 aromatic heterocycles. The van der Waals surface area contributed by atoms with Gasteiger partial charge in [-0.05, 0) is 63.7 Å². The highest BCUT2D eigenvalue weighted by Crippen LogP contribution is 2.47. The van der Waals surface area contributed by atoms with E-state index in [4.69, 9.17) is 4.74 Å². The van der Waals surface area contributed by atoms with Crippen molar-refractivity contribution < 1.29 is 4.74 Å². The van der Waals surface area contributed by atoms with Crippen molar-refractivity contribution in [1.82, 2.24) is 4.90 Å². The zero-order valence-corrected chi connectivity index (χ0v) is 15.7. The summed E-state index contributed by atoms with van der Waals surface area (Å²) >= 11 is 0. The molecule has 2 heteroatoms. The number of hydrogen-bond acceptors (Lipinski definition) is 2. The van der Waals surface area contributed by atoms with E-state index in [1.807, 2.05) is 13.8 Å². The molecular weight excluding hydrogens is 270 g/mol. The molecule has 1 spiro atoms. The van der Waals surface area contributed by atoms with E-state index in [0.717, 1.165) is 17.4 Å². The molecule has 2 nitrogen and oxygen atoms in total. The lowest BCUT2D eigenvalue weighted by molar-refractivity contribution is -0.0862. The van der Waals surface area contributed by atoms with E-state index in [9.17, 15) is 0 Å². The molecule has 0 bridgehead atoms. The monoisotopic (exact) mass is 309 g/mol. The van der Waals surface area contributed by atoms with Gasteiger partial charge in [0.15, 0.2) is 0 Å². The standard InChI is InChI=1S/C18H33NO.C2H6/c1-14(2)20-17-6-4-16(5-7-17)19-12-18(13-19)10-8-15(3)9-11-18;1-2/h14-17H,4-13H2,1-3H3;1-2H3. The van der Waals surface area contributed by atoms with Crippen LogP contribution in [0.1, 0.15) is 86.0 Å². The van der Waals surface area contributed by atoms with E-state index in [2.05, 4.69) is 25.7 Å². The average Bonchev–Trinajstić information content (AvgIpc) is 2.49. The van der Waals surface area contributed by atoms with Gasteiger partial charge in [0, 0.05) is 19.1 Å². The molecular formula is C20H39NO. The van der Waals surface area contributed by atoms with Gasteiger partial charge >= 0.3 is 0 Å². The van der Waals surface area contributed by atoms with Crippen LogP contribution in [0.2, 0.25) is 0 Å². The van der Waals surface area contributed by atoms with E-state index in [1.54, 1.807) is 0 Å². The van der Waals surface area contributed by atoms with Crippen molar-refractivity contribution in [3.63, 3.8) is 0 Å². The molecule has 22 heavy (non-hydrogen) atoms. The Balaban J connectivity index is 0.000000847. The molecule has 0 radical (unpaired) electrons. The van der Waals surface area contributed by atoms with Gasteiger partial charge in [0.05, 0.1) is 12.2 Å². The lowest BCUT2D eigenvalue weighted by Gasteiger charge is -2.57. The van der Waals surface area contributed by atoms with Crippen molar-refractivity contribution >= 4 is 0 Å². The average molecular weight is 310 g/mol. The number of hydrogen-bond donors (Lipinski definition) is 0. The zero-order valence-electron chi connectivity index (χ0n) is 15.7. The third-order valence-corrected chi connectivity index (χ3v) is 6.04. The van der Waals surface area contributed by atoms with E-state index >= 15 is 0 Å². The first kappa shape index (κ1) is 18.3. The second-order valence-electron chi connectivity index (χ2n) is 8.20. The fourth-order valence-corrected chi connectivity index (χ4v) is 4.70. The molecule has 3 aliphatic rings. The van der Waals surface area contributed by atoms with Crippen LogP contribution in [0.5, 0.6) is 0 Å². The number of ether oxygens (including phenoxy) is 1. The summed E-state index contributed by atoms with van der Waals surface area (Å²) in [5, 5.41) is 0. The third-order valence-electron chi connectivity index (χ3n) is 6.04. The van der Waals surface area contributed by atoms with Crippen LogP contribution < -0.4 is 0 Å². The smallest absolute Gasteiger partial charge is 0.0579 e. The molecule has 0 N–H and O–H groups in total. The normalized spacial score (nSPS) is 32.5. The van der Waals surface area contributed by atoms with Crippen molar-refractivity contribution in [2.24, 2.45) is 11.3 Å². The summed E-state index contributed by atoms with van der Waals surface area (Å²) in [6.45, 7) is 13.6. The molecule has 1 heterocycles. The largest absolute Gasteiger partial charge is 0.376 e. The first-order chi connectivity index (χ1) is 10.6. The lowest BCUT2D eigenvalue weighted by Crippen LogP contribution is -2.61. The number of rotatable bonds is 3. The maximum atomic E-state index is 5.97. The molecule has 1 saturated heterocycles. The van der Waals surface area contributed by atoms with Crippen molar-refractivity contribution in [1.29, 1.82) is 0 Å². The van der Waals surface area contributed by atoms with Crippen molar-refractivity contribution in [3.8, 4) is 0 Å². The Morgan fingerprint density at radius 3 is 1.95 bits per heavy atom. The topological polar surface area (TPSA) is 12.5 Å². The molecule has 0 atom stereocenters. The van der Waals surface area contributed by atoms with Crippen LogP contribution in [-0.2, 0) is 4.74 Å². The van der Waals surface area contributed by atoms with Crippen LogP contribution in [0.3, 0.4) is 0 Å². The summed E-state index contributed by atoms with van der Waals surface area (Å²) in [5.74, 6) is 0.985. The Morgan fingerprint density at radius 1 is 0.909 bits per heavy atom. The van der Waals surface area contributed by atoms with Crippen molar-refractivity contribution in [3.05, 3.63) is 0 Å². The highest BCUT2D eigenvalue weighted by atomic mass is 16.5. The van der Waals surface area contributed by atoms with Crippen molar-refractivity contribution in [2.45, 2.75) is 104 Å². The maximum absolute atomic E-state index is 5.97. The fraction of sp³-hybridized carbons (Fsp3) is 1.00. The van der Waals surface area contributed by atoms with Gasteiger partial charge < -0.3 is 4.74 Å². The van der Waals surface area contributed by atoms with Crippen molar-refractivity contribution in [2.75, 3.05) is 13.1 Å². The summed E-state index contributed by atoms with van der Waals surface area (Å²) < 4.78 is 5.97. The highest BCUT2D eigenvalue weighted by Gasteiger charge is 2.46. The Kier molecular flexibility index (Phi) is 6.76. The molecule has 2 aliphatic carbocycles. The maximum Gasteiger partial charge on any atom is 0.0579 e. The molecule has 0 amide bonds. The molecule has 3 fully saturated rings. The first-order valence-electron chi connectivity index (χ1n) is 9.96. The van der Waals surface area contributed by atoms with Crippen LogP contribution in [0.15, 0.2) is 0 Å². The Labute approximate surface area is 139 Å². The van der Waals surface area contributed by atoms with Crippen LogP contribution >= 0.6 is 0 Å². The molecule has 130 valence electrons. The molecule has 0 aromatic rings. The number of nitrogens with zero attached hydrogens (tertiary/aromatic N) is 1. The fourth-order valence-electron chi connectivity index (χ4n) is 4.70. The van der Waals surface area contributed by atoms with Gasteiger partial charge in [-0.2, -0.15) is 0 Å². The van der Waals surface area contributed by atoms with Gasteiger partial charge in [-0.1, -0.05) is 33.6 Å². The summed E-state index contributed by atoms with van der Waals surface area (Å²) in [7, 11) is 0. The van der Waals surface area contributed by atoms with Gasteiger partial charge in [-0.15, -0.1) is 0 Å². The number of likely N-dealkylation sites (tertiary alicyclic amines) is 1. The summed E-state index contributed by atoms with van der Waals surface area (Å²) in [6.07, 6.45) is 12.2. The van der Waals surface area contributed by atoms with E-state index in [1.165, 1.54) is 64.5 Å². The molecule has 2 saturated carbocycles. The van der Waals surface area contributed by atoms with E-state index in [-0.39, 0.29) is 0 Å². The van der Waals surface area contributed by atoms with Gasteiger partial charge in [0.25, 0.3) is 0 Å².